The Kier molecular flexibility index (Phi) is 5.73. The van der Waals surface area contributed by atoms with E-state index in [1.807, 2.05) is 43.5 Å². The van der Waals surface area contributed by atoms with E-state index in [4.69, 9.17) is 0 Å². The minimum absolute atomic E-state index is 0.0794. The summed E-state index contributed by atoms with van der Waals surface area (Å²) in [6.45, 7) is 5.20. The van der Waals surface area contributed by atoms with Crippen LogP contribution in [0.4, 0.5) is 0 Å². The maximum absolute atomic E-state index is 12.9. The first-order valence-electron chi connectivity index (χ1n) is 9.73. The van der Waals surface area contributed by atoms with Crippen molar-refractivity contribution in [1.29, 1.82) is 0 Å². The number of sulfonamides is 1. The second-order valence-corrected chi connectivity index (χ2v) is 10.2. The van der Waals surface area contributed by atoms with Gasteiger partial charge in [-0.1, -0.05) is 29.8 Å². The number of thiazole rings is 1. The Morgan fingerprint density at radius 1 is 0.933 bits per heavy atom. The summed E-state index contributed by atoms with van der Waals surface area (Å²) >= 11 is 1.58. The Bertz CT molecular complexity index is 1150. The first-order chi connectivity index (χ1) is 14.3. The Morgan fingerprint density at radius 2 is 1.57 bits per heavy atom. The minimum Gasteiger partial charge on any atom is -0.336 e. The van der Waals surface area contributed by atoms with E-state index in [9.17, 15) is 13.2 Å². The van der Waals surface area contributed by atoms with Crippen LogP contribution in [0.3, 0.4) is 0 Å². The molecule has 1 aliphatic heterocycles. The van der Waals surface area contributed by atoms with Crippen LogP contribution >= 0.6 is 11.3 Å². The van der Waals surface area contributed by atoms with E-state index in [2.05, 4.69) is 4.98 Å². The molecule has 8 heteroatoms. The molecular weight excluding hydrogens is 418 g/mol. The Hall–Kier alpha value is -2.55. The zero-order valence-electron chi connectivity index (χ0n) is 16.9. The summed E-state index contributed by atoms with van der Waals surface area (Å²) < 4.78 is 27.1. The first kappa shape index (κ1) is 20.7. The van der Waals surface area contributed by atoms with E-state index in [-0.39, 0.29) is 5.91 Å². The quantitative estimate of drug-likeness (QED) is 0.621. The molecule has 6 nitrogen and oxygen atoms in total. The topological polar surface area (TPSA) is 70.6 Å². The van der Waals surface area contributed by atoms with E-state index in [1.54, 1.807) is 40.5 Å². The molecule has 1 aromatic heterocycles. The Labute approximate surface area is 180 Å². The summed E-state index contributed by atoms with van der Waals surface area (Å²) in [5, 5.41) is 2.93. The molecule has 0 bridgehead atoms. The molecule has 3 aromatic rings. The fourth-order valence-electron chi connectivity index (χ4n) is 3.42. The highest BCUT2D eigenvalue weighted by Crippen LogP contribution is 2.24. The fraction of sp³-hybridized carbons (Fsp3) is 0.273. The number of piperazine rings is 1. The average Bonchev–Trinajstić information content (AvgIpc) is 3.20. The third-order valence-corrected chi connectivity index (χ3v) is 8.10. The lowest BCUT2D eigenvalue weighted by atomic mass is 10.1. The lowest BCUT2D eigenvalue weighted by Gasteiger charge is -2.34. The van der Waals surface area contributed by atoms with Crippen LogP contribution in [0.2, 0.25) is 0 Å². The summed E-state index contributed by atoms with van der Waals surface area (Å²) in [6.07, 6.45) is 0. The summed E-state index contributed by atoms with van der Waals surface area (Å²) in [5.41, 5.74) is 3.58. The molecule has 1 amide bonds. The van der Waals surface area contributed by atoms with Crippen LogP contribution in [0.25, 0.3) is 10.6 Å². The van der Waals surface area contributed by atoms with E-state index < -0.39 is 10.0 Å². The van der Waals surface area contributed by atoms with Crippen LogP contribution in [0, 0.1) is 13.8 Å². The van der Waals surface area contributed by atoms with Gasteiger partial charge < -0.3 is 4.90 Å². The second-order valence-electron chi connectivity index (χ2n) is 7.38. The van der Waals surface area contributed by atoms with E-state index in [0.717, 1.165) is 21.8 Å². The smallest absolute Gasteiger partial charge is 0.253 e. The number of hydrogen-bond donors (Lipinski definition) is 0. The van der Waals surface area contributed by atoms with Gasteiger partial charge in [0.25, 0.3) is 5.91 Å². The van der Waals surface area contributed by atoms with Crippen molar-refractivity contribution in [3.05, 3.63) is 70.7 Å². The Morgan fingerprint density at radius 3 is 2.13 bits per heavy atom. The minimum atomic E-state index is -3.54. The van der Waals surface area contributed by atoms with Crippen molar-refractivity contribution in [1.82, 2.24) is 14.2 Å². The fourth-order valence-corrected chi connectivity index (χ4v) is 5.64. The number of aryl methyl sites for hydroxylation is 2. The number of rotatable bonds is 4. The van der Waals surface area contributed by atoms with E-state index in [1.165, 1.54) is 4.31 Å². The zero-order chi connectivity index (χ0) is 21.3. The first-order valence-corrected chi connectivity index (χ1v) is 12.1. The number of hydrogen-bond acceptors (Lipinski definition) is 5. The highest BCUT2D eigenvalue weighted by atomic mass is 32.2. The summed E-state index contributed by atoms with van der Waals surface area (Å²) in [4.78, 5) is 19.3. The molecule has 0 unspecified atom stereocenters. The molecule has 156 valence electrons. The van der Waals surface area contributed by atoms with Gasteiger partial charge in [-0.25, -0.2) is 13.4 Å². The molecule has 2 aromatic carbocycles. The van der Waals surface area contributed by atoms with Crippen molar-refractivity contribution in [2.75, 3.05) is 26.2 Å². The average molecular weight is 442 g/mol. The molecule has 1 fully saturated rings. The number of aromatic nitrogens is 1. The molecule has 0 radical (unpaired) electrons. The standard InChI is InChI=1S/C22H23N3O3S2/c1-16-3-9-20(10-4-16)30(27,28)25-13-11-24(12-14-25)22(26)19-7-5-18(6-8-19)21-23-17(2)15-29-21/h3-10,15H,11-14H2,1-2H3. The monoisotopic (exact) mass is 441 g/mol. The van der Waals surface area contributed by atoms with Gasteiger partial charge in [-0.15, -0.1) is 11.3 Å². The number of nitrogens with zero attached hydrogens (tertiary/aromatic N) is 3. The lowest BCUT2D eigenvalue weighted by molar-refractivity contribution is 0.0698. The van der Waals surface area contributed by atoms with Gasteiger partial charge >= 0.3 is 0 Å². The number of benzene rings is 2. The van der Waals surface area contributed by atoms with Crippen LogP contribution < -0.4 is 0 Å². The third kappa shape index (κ3) is 4.16. The predicted molar refractivity (Wildman–Crippen MR) is 118 cm³/mol. The molecule has 1 saturated heterocycles. The largest absolute Gasteiger partial charge is 0.336 e. The van der Waals surface area contributed by atoms with Gasteiger partial charge in [0.2, 0.25) is 10.0 Å². The van der Waals surface area contributed by atoms with Gasteiger partial charge in [-0.3, -0.25) is 4.79 Å². The number of carbonyl (C=O) groups is 1. The molecule has 0 spiro atoms. The van der Waals surface area contributed by atoms with Gasteiger partial charge in [0, 0.05) is 48.4 Å². The summed E-state index contributed by atoms with van der Waals surface area (Å²) in [5.74, 6) is -0.0794. The van der Waals surface area contributed by atoms with Gasteiger partial charge in [-0.05, 0) is 38.1 Å². The van der Waals surface area contributed by atoms with Crippen LogP contribution in [0.1, 0.15) is 21.6 Å². The van der Waals surface area contributed by atoms with Gasteiger partial charge in [0.1, 0.15) is 5.01 Å². The van der Waals surface area contributed by atoms with Gasteiger partial charge in [-0.2, -0.15) is 4.31 Å². The van der Waals surface area contributed by atoms with Crippen LogP contribution in [0.15, 0.2) is 58.8 Å². The molecular formula is C22H23N3O3S2. The lowest BCUT2D eigenvalue weighted by Crippen LogP contribution is -2.50. The van der Waals surface area contributed by atoms with Crippen molar-refractivity contribution in [2.24, 2.45) is 0 Å². The molecule has 0 N–H and O–H groups in total. The van der Waals surface area contributed by atoms with Crippen molar-refractivity contribution in [3.63, 3.8) is 0 Å². The molecule has 1 aliphatic rings. The second kappa shape index (κ2) is 8.29. The molecule has 2 heterocycles. The molecule has 0 aliphatic carbocycles. The molecule has 0 saturated carbocycles. The van der Waals surface area contributed by atoms with Crippen molar-refractivity contribution < 1.29 is 13.2 Å². The summed E-state index contributed by atoms with van der Waals surface area (Å²) in [6, 6.07) is 14.3. The van der Waals surface area contributed by atoms with Crippen molar-refractivity contribution in [2.45, 2.75) is 18.7 Å². The van der Waals surface area contributed by atoms with E-state index >= 15 is 0 Å². The highest BCUT2D eigenvalue weighted by Gasteiger charge is 2.30. The SMILES string of the molecule is Cc1ccc(S(=O)(=O)N2CCN(C(=O)c3ccc(-c4nc(C)cs4)cc3)CC2)cc1. The number of carbonyl (C=O) groups excluding carboxylic acids is 1. The van der Waals surface area contributed by atoms with Crippen molar-refractivity contribution >= 4 is 27.3 Å². The van der Waals surface area contributed by atoms with Crippen LogP contribution in [-0.4, -0.2) is 54.7 Å². The van der Waals surface area contributed by atoms with Crippen molar-refractivity contribution in [3.8, 4) is 10.6 Å². The molecule has 0 atom stereocenters. The maximum Gasteiger partial charge on any atom is 0.253 e. The van der Waals surface area contributed by atoms with Crippen LogP contribution in [-0.2, 0) is 10.0 Å². The molecule has 30 heavy (non-hydrogen) atoms. The maximum atomic E-state index is 12.9. The zero-order valence-corrected chi connectivity index (χ0v) is 18.5. The number of amides is 1. The predicted octanol–water partition coefficient (Wildman–Crippen LogP) is 3.57. The van der Waals surface area contributed by atoms with Crippen LogP contribution in [0.5, 0.6) is 0 Å². The summed E-state index contributed by atoms with van der Waals surface area (Å²) in [7, 11) is -3.54. The third-order valence-electron chi connectivity index (χ3n) is 5.18. The highest BCUT2D eigenvalue weighted by molar-refractivity contribution is 7.89. The van der Waals surface area contributed by atoms with E-state index in [0.29, 0.717) is 36.6 Å². The normalized spacial score (nSPS) is 15.3. The van der Waals surface area contributed by atoms with Gasteiger partial charge in [0.05, 0.1) is 4.90 Å². The Balaban J connectivity index is 1.41. The molecule has 4 rings (SSSR count). The van der Waals surface area contributed by atoms with Gasteiger partial charge in [0.15, 0.2) is 0 Å².